The first kappa shape index (κ1) is 18.6. The quantitative estimate of drug-likeness (QED) is 0.722. The molecule has 3 rings (SSSR count). The molecular weight excluding hydrogens is 350 g/mol. The zero-order valence-corrected chi connectivity index (χ0v) is 14.9. The lowest BCUT2D eigenvalue weighted by Gasteiger charge is -2.18. The molecular formula is C20H20F2N4O. The van der Waals surface area contributed by atoms with Crippen molar-refractivity contribution >= 4 is 6.03 Å². The Balaban J connectivity index is 1.47. The Morgan fingerprint density at radius 1 is 1.19 bits per heavy atom. The lowest BCUT2D eigenvalue weighted by atomic mass is 10.1. The molecule has 1 aromatic heterocycles. The van der Waals surface area contributed by atoms with E-state index < -0.39 is 11.6 Å². The summed E-state index contributed by atoms with van der Waals surface area (Å²) in [5.41, 5.74) is 2.32. The number of carbonyl (C=O) groups excluding carboxylic acids is 1. The van der Waals surface area contributed by atoms with Gasteiger partial charge in [-0.3, -0.25) is 0 Å². The molecule has 0 bridgehead atoms. The van der Waals surface area contributed by atoms with E-state index in [0.29, 0.717) is 13.0 Å². The Kier molecular flexibility index (Phi) is 5.80. The molecule has 0 aliphatic heterocycles. The predicted molar refractivity (Wildman–Crippen MR) is 98.5 cm³/mol. The summed E-state index contributed by atoms with van der Waals surface area (Å²) >= 11 is 0. The van der Waals surface area contributed by atoms with Crippen LogP contribution in [0.25, 0.3) is 5.69 Å². The van der Waals surface area contributed by atoms with Crippen molar-refractivity contribution in [2.24, 2.45) is 0 Å². The topological polar surface area (TPSA) is 50.2 Å². The van der Waals surface area contributed by atoms with E-state index in [1.54, 1.807) is 17.9 Å². The fourth-order valence-electron chi connectivity index (χ4n) is 2.66. The summed E-state index contributed by atoms with van der Waals surface area (Å²) in [6.45, 7) is 0.521. The maximum absolute atomic E-state index is 13.7. The number of aromatic nitrogens is 2. The summed E-state index contributed by atoms with van der Waals surface area (Å²) in [5.74, 6) is -1.30. The molecule has 0 unspecified atom stereocenters. The van der Waals surface area contributed by atoms with E-state index in [9.17, 15) is 13.6 Å². The van der Waals surface area contributed by atoms with E-state index in [1.165, 1.54) is 17.0 Å². The van der Waals surface area contributed by atoms with Gasteiger partial charge in [0.15, 0.2) is 0 Å². The number of halogens is 2. The fourth-order valence-corrected chi connectivity index (χ4v) is 2.66. The van der Waals surface area contributed by atoms with Gasteiger partial charge in [0.2, 0.25) is 0 Å². The summed E-state index contributed by atoms with van der Waals surface area (Å²) in [5, 5.41) is 6.97. The molecule has 0 radical (unpaired) electrons. The maximum atomic E-state index is 13.7. The molecule has 5 nitrogen and oxygen atoms in total. The molecule has 0 aliphatic carbocycles. The molecule has 7 heteroatoms. The van der Waals surface area contributed by atoms with Gasteiger partial charge in [-0.15, -0.1) is 0 Å². The minimum atomic E-state index is -0.660. The predicted octanol–water partition coefficient (Wildman–Crippen LogP) is 3.53. The number of hydrogen-bond donors (Lipinski definition) is 1. The van der Waals surface area contributed by atoms with Gasteiger partial charge in [-0.1, -0.05) is 18.2 Å². The van der Waals surface area contributed by atoms with Gasteiger partial charge in [0.05, 0.1) is 5.69 Å². The van der Waals surface area contributed by atoms with E-state index in [-0.39, 0.29) is 18.1 Å². The van der Waals surface area contributed by atoms with Crippen LogP contribution in [-0.4, -0.2) is 34.3 Å². The number of carbonyl (C=O) groups is 1. The molecule has 0 spiro atoms. The van der Waals surface area contributed by atoms with E-state index >= 15 is 0 Å². The van der Waals surface area contributed by atoms with Crippen LogP contribution in [0.1, 0.15) is 11.1 Å². The number of urea groups is 1. The monoisotopic (exact) mass is 370 g/mol. The van der Waals surface area contributed by atoms with Crippen molar-refractivity contribution in [2.45, 2.75) is 13.0 Å². The Morgan fingerprint density at radius 3 is 2.63 bits per heavy atom. The Bertz CT molecular complexity index is 895. The zero-order chi connectivity index (χ0) is 19.2. The molecule has 0 saturated carbocycles. The van der Waals surface area contributed by atoms with Gasteiger partial charge >= 0.3 is 6.03 Å². The summed E-state index contributed by atoms with van der Waals surface area (Å²) in [6, 6.07) is 12.8. The van der Waals surface area contributed by atoms with E-state index in [4.69, 9.17) is 0 Å². The van der Waals surface area contributed by atoms with Gasteiger partial charge in [0.25, 0.3) is 0 Å². The second-order valence-corrected chi connectivity index (χ2v) is 6.19. The molecule has 2 amide bonds. The number of benzene rings is 2. The lowest BCUT2D eigenvalue weighted by molar-refractivity contribution is 0.206. The number of nitrogens with one attached hydrogen (secondary N) is 1. The van der Waals surface area contributed by atoms with Gasteiger partial charge in [0.1, 0.15) is 11.6 Å². The summed E-state index contributed by atoms with van der Waals surface area (Å²) in [7, 11) is 1.57. The second kappa shape index (κ2) is 8.44. The fraction of sp³-hybridized carbons (Fsp3) is 0.200. The minimum Gasteiger partial charge on any atom is -0.338 e. The Hall–Kier alpha value is -3.22. The number of amides is 2. The molecule has 2 aromatic carbocycles. The molecule has 140 valence electrons. The molecule has 0 saturated heterocycles. The molecule has 3 aromatic rings. The molecule has 1 N–H and O–H groups in total. The van der Waals surface area contributed by atoms with Crippen LogP contribution in [-0.2, 0) is 13.0 Å². The highest BCUT2D eigenvalue weighted by Gasteiger charge is 2.12. The lowest BCUT2D eigenvalue weighted by Crippen LogP contribution is -2.38. The third kappa shape index (κ3) is 4.91. The number of hydrogen-bond acceptors (Lipinski definition) is 2. The van der Waals surface area contributed by atoms with Gasteiger partial charge < -0.3 is 10.2 Å². The van der Waals surface area contributed by atoms with Crippen LogP contribution in [0.5, 0.6) is 0 Å². The van der Waals surface area contributed by atoms with Crippen molar-refractivity contribution in [2.75, 3.05) is 13.6 Å². The summed E-state index contributed by atoms with van der Waals surface area (Å²) in [6.07, 6.45) is 4.26. The van der Waals surface area contributed by atoms with E-state index in [2.05, 4.69) is 10.4 Å². The molecule has 0 aliphatic rings. The maximum Gasteiger partial charge on any atom is 0.317 e. The van der Waals surface area contributed by atoms with Crippen molar-refractivity contribution in [3.63, 3.8) is 0 Å². The summed E-state index contributed by atoms with van der Waals surface area (Å²) < 4.78 is 28.4. The van der Waals surface area contributed by atoms with Crippen LogP contribution < -0.4 is 5.32 Å². The second-order valence-electron chi connectivity index (χ2n) is 6.19. The van der Waals surface area contributed by atoms with Crippen molar-refractivity contribution in [3.05, 3.63) is 83.7 Å². The average Bonchev–Trinajstić information content (AvgIpc) is 3.19. The first-order chi connectivity index (χ1) is 13.0. The van der Waals surface area contributed by atoms with Gasteiger partial charge in [0, 0.05) is 44.2 Å². The van der Waals surface area contributed by atoms with Crippen molar-refractivity contribution in [3.8, 4) is 5.69 Å². The normalized spacial score (nSPS) is 10.6. The molecule has 0 fully saturated rings. The van der Waals surface area contributed by atoms with Crippen molar-refractivity contribution in [1.29, 1.82) is 0 Å². The third-order valence-electron chi connectivity index (χ3n) is 4.16. The SMILES string of the molecule is CN(Cc1ccc(F)cc1F)C(=O)NCCc1ccc(-n2cccn2)cc1. The highest BCUT2D eigenvalue weighted by atomic mass is 19.1. The Morgan fingerprint density at radius 2 is 1.96 bits per heavy atom. The zero-order valence-electron chi connectivity index (χ0n) is 14.9. The van der Waals surface area contributed by atoms with Gasteiger partial charge in [-0.2, -0.15) is 5.10 Å². The third-order valence-corrected chi connectivity index (χ3v) is 4.16. The molecule has 1 heterocycles. The van der Waals surface area contributed by atoms with E-state index in [1.807, 2.05) is 36.5 Å². The number of nitrogens with zero attached hydrogens (tertiary/aromatic N) is 3. The van der Waals surface area contributed by atoms with Crippen LogP contribution in [0, 0.1) is 11.6 Å². The first-order valence-corrected chi connectivity index (χ1v) is 8.55. The van der Waals surface area contributed by atoms with Crippen LogP contribution in [0.4, 0.5) is 13.6 Å². The van der Waals surface area contributed by atoms with Crippen molar-refractivity contribution < 1.29 is 13.6 Å². The van der Waals surface area contributed by atoms with Crippen LogP contribution in [0.3, 0.4) is 0 Å². The number of rotatable bonds is 6. The van der Waals surface area contributed by atoms with Crippen molar-refractivity contribution in [1.82, 2.24) is 20.0 Å². The highest BCUT2D eigenvalue weighted by Crippen LogP contribution is 2.12. The smallest absolute Gasteiger partial charge is 0.317 e. The van der Waals surface area contributed by atoms with Crippen LogP contribution in [0.2, 0.25) is 0 Å². The van der Waals surface area contributed by atoms with Gasteiger partial charge in [-0.05, 0) is 36.2 Å². The first-order valence-electron chi connectivity index (χ1n) is 8.55. The van der Waals surface area contributed by atoms with Crippen LogP contribution >= 0.6 is 0 Å². The molecule has 27 heavy (non-hydrogen) atoms. The van der Waals surface area contributed by atoms with Crippen LogP contribution in [0.15, 0.2) is 60.9 Å². The average molecular weight is 370 g/mol. The Labute approximate surface area is 156 Å². The molecule has 0 atom stereocenters. The largest absolute Gasteiger partial charge is 0.338 e. The summed E-state index contributed by atoms with van der Waals surface area (Å²) in [4.78, 5) is 13.5. The minimum absolute atomic E-state index is 0.0660. The van der Waals surface area contributed by atoms with E-state index in [0.717, 1.165) is 17.3 Å². The highest BCUT2D eigenvalue weighted by molar-refractivity contribution is 5.73. The standard InChI is InChI=1S/C20H20F2N4O/c1-25(14-16-5-6-17(21)13-19(16)22)20(27)23-11-9-15-3-7-18(8-4-15)26-12-2-10-24-26/h2-8,10,12-13H,9,11,14H2,1H3,(H,23,27). The van der Waals surface area contributed by atoms with Gasteiger partial charge in [-0.25, -0.2) is 18.3 Å².